The van der Waals surface area contributed by atoms with Crippen LogP contribution in [-0.4, -0.2) is 40.0 Å². The van der Waals surface area contributed by atoms with E-state index in [-0.39, 0.29) is 30.0 Å². The number of benzene rings is 2. The third-order valence-electron chi connectivity index (χ3n) is 5.26. The Balaban J connectivity index is 2.43. The van der Waals surface area contributed by atoms with Gasteiger partial charge in [0, 0.05) is 13.5 Å². The van der Waals surface area contributed by atoms with Crippen molar-refractivity contribution in [3.8, 4) is 0 Å². The van der Waals surface area contributed by atoms with Crippen molar-refractivity contribution >= 4 is 30.6 Å². The fourth-order valence-corrected chi connectivity index (χ4v) is 8.42. The smallest absolute Gasteiger partial charge is 0.312 e. The van der Waals surface area contributed by atoms with E-state index in [0.29, 0.717) is 6.42 Å². The van der Waals surface area contributed by atoms with Crippen LogP contribution in [0.5, 0.6) is 0 Å². The molecule has 2 aromatic carbocycles. The zero-order valence-corrected chi connectivity index (χ0v) is 19.3. The number of amides is 3. The van der Waals surface area contributed by atoms with Crippen LogP contribution >= 0.6 is 0 Å². The molecule has 0 saturated heterocycles. The Hall–Kier alpha value is -2.64. The van der Waals surface area contributed by atoms with Crippen LogP contribution in [0, 0.1) is 0 Å². The zero-order chi connectivity index (χ0) is 22.2. The molecule has 0 aliphatic carbocycles. The quantitative estimate of drug-likeness (QED) is 0.535. The first kappa shape index (κ1) is 23.6. The number of nitrogens with one attached hydrogen (secondary N) is 2. The van der Waals surface area contributed by atoms with Crippen LogP contribution in [0.25, 0.3) is 0 Å². The van der Waals surface area contributed by atoms with Gasteiger partial charge in [-0.05, 0) is 21.8 Å². The molecule has 4 N–H and O–H groups in total. The van der Waals surface area contributed by atoms with E-state index in [0.717, 1.165) is 10.4 Å². The first-order valence-electron chi connectivity index (χ1n) is 10.2. The van der Waals surface area contributed by atoms with Gasteiger partial charge in [0.1, 0.15) is 0 Å². The second-order valence-electron chi connectivity index (χ2n) is 8.39. The molecule has 2 aromatic rings. The predicted molar refractivity (Wildman–Crippen MR) is 123 cm³/mol. The average molecular weight is 428 g/mol. The minimum Gasteiger partial charge on any atom is -0.405 e. The summed E-state index contributed by atoms with van der Waals surface area (Å²) in [6.07, 6.45) is 0.729. The number of hydrogen-bond acceptors (Lipinski definition) is 3. The number of carbonyl (C=O) groups is 2. The summed E-state index contributed by atoms with van der Waals surface area (Å²) in [4.78, 5) is 23.3. The normalized spacial score (nSPS) is 12.8. The van der Waals surface area contributed by atoms with Gasteiger partial charge < -0.3 is 20.8 Å². The lowest BCUT2D eigenvalue weighted by Crippen LogP contribution is -2.67. The molecular weight excluding hydrogens is 394 g/mol. The molecule has 0 heterocycles. The second-order valence-corrected chi connectivity index (χ2v) is 12.7. The highest BCUT2D eigenvalue weighted by Gasteiger charge is 2.50. The van der Waals surface area contributed by atoms with E-state index in [1.807, 2.05) is 36.4 Å². The van der Waals surface area contributed by atoms with Crippen LogP contribution in [0.15, 0.2) is 60.7 Å². The lowest BCUT2D eigenvalue weighted by Gasteiger charge is -2.43. The molecule has 2 rings (SSSR count). The van der Waals surface area contributed by atoms with Crippen LogP contribution in [-0.2, 0) is 9.22 Å². The van der Waals surface area contributed by atoms with E-state index < -0.39 is 14.3 Å². The Morgan fingerprint density at radius 3 is 1.90 bits per heavy atom. The van der Waals surface area contributed by atoms with Crippen molar-refractivity contribution in [1.29, 1.82) is 0 Å². The summed E-state index contributed by atoms with van der Waals surface area (Å²) in [5.41, 5.74) is 5.38. The highest BCUT2D eigenvalue weighted by Crippen LogP contribution is 2.36. The number of carbonyl (C=O) groups excluding carboxylic acids is 2. The van der Waals surface area contributed by atoms with Crippen molar-refractivity contribution < 1.29 is 14.0 Å². The lowest BCUT2D eigenvalue weighted by atomic mass is 10.1. The first-order chi connectivity index (χ1) is 14.2. The van der Waals surface area contributed by atoms with E-state index in [2.05, 4.69) is 55.7 Å². The highest BCUT2D eigenvalue weighted by atomic mass is 28.4. The first-order valence-corrected chi connectivity index (χ1v) is 12.1. The standard InChI is InChI=1S/C23H33N3O3Si/c1-23(2,3)30(19-11-7-5-8-12-19,20-13-9-6-10-14-20)29-17-18(26-22(24)28)15-16-21(27)25-4/h5-14,18H,15-17H2,1-4H3,(H,25,27)(H3,24,26,28)/t18-/m0/s1. The topological polar surface area (TPSA) is 93.4 Å². The van der Waals surface area contributed by atoms with Crippen molar-refractivity contribution in [2.45, 2.75) is 44.7 Å². The monoisotopic (exact) mass is 427 g/mol. The summed E-state index contributed by atoms with van der Waals surface area (Å²) in [5.74, 6) is -0.0864. The van der Waals surface area contributed by atoms with E-state index in [9.17, 15) is 9.59 Å². The van der Waals surface area contributed by atoms with Gasteiger partial charge >= 0.3 is 6.03 Å². The molecule has 3 amide bonds. The maximum Gasteiger partial charge on any atom is 0.312 e. The summed E-state index contributed by atoms with van der Waals surface area (Å²) in [7, 11) is -1.13. The van der Waals surface area contributed by atoms with Gasteiger partial charge in [-0.15, -0.1) is 0 Å². The molecule has 0 saturated carbocycles. The molecule has 7 heteroatoms. The molecule has 0 spiro atoms. The SMILES string of the molecule is CNC(=O)CC[C@@H](CO[Si](c1ccccc1)(c1ccccc1)C(C)(C)C)NC(N)=O. The van der Waals surface area contributed by atoms with Gasteiger partial charge in [-0.2, -0.15) is 0 Å². The van der Waals surface area contributed by atoms with Gasteiger partial charge in [0.15, 0.2) is 0 Å². The van der Waals surface area contributed by atoms with Crippen molar-refractivity contribution in [3.63, 3.8) is 0 Å². The Bertz CT molecular complexity index is 783. The molecular formula is C23H33N3O3Si. The zero-order valence-electron chi connectivity index (χ0n) is 18.3. The van der Waals surface area contributed by atoms with E-state index in [1.54, 1.807) is 7.05 Å². The van der Waals surface area contributed by atoms with Crippen LogP contribution in [0.2, 0.25) is 5.04 Å². The summed E-state index contributed by atoms with van der Waals surface area (Å²) >= 11 is 0. The molecule has 0 aliphatic heterocycles. The summed E-state index contributed by atoms with van der Waals surface area (Å²) in [5, 5.41) is 7.50. The Labute approximate surface area is 180 Å². The Morgan fingerprint density at radius 1 is 1.00 bits per heavy atom. The fourth-order valence-electron chi connectivity index (χ4n) is 3.82. The summed E-state index contributed by atoms with van der Waals surface area (Å²) < 4.78 is 6.83. The largest absolute Gasteiger partial charge is 0.405 e. The minimum absolute atomic E-state index is 0.0864. The molecule has 0 aromatic heterocycles. The molecule has 6 nitrogen and oxygen atoms in total. The molecule has 162 valence electrons. The number of rotatable bonds is 9. The van der Waals surface area contributed by atoms with Crippen molar-refractivity contribution in [2.75, 3.05) is 13.7 Å². The molecule has 0 fully saturated rings. The maximum absolute atomic E-state index is 11.7. The molecule has 30 heavy (non-hydrogen) atoms. The van der Waals surface area contributed by atoms with Gasteiger partial charge in [0.05, 0.1) is 12.6 Å². The van der Waals surface area contributed by atoms with E-state index >= 15 is 0 Å². The van der Waals surface area contributed by atoms with Crippen molar-refractivity contribution in [2.24, 2.45) is 5.73 Å². The van der Waals surface area contributed by atoms with Gasteiger partial charge in [-0.1, -0.05) is 81.4 Å². The van der Waals surface area contributed by atoms with Gasteiger partial charge in [-0.25, -0.2) is 4.79 Å². The van der Waals surface area contributed by atoms with Crippen LogP contribution in [0.4, 0.5) is 4.79 Å². The summed E-state index contributed by atoms with van der Waals surface area (Å²) in [6, 6.07) is 19.6. The summed E-state index contributed by atoms with van der Waals surface area (Å²) in [6.45, 7) is 6.86. The van der Waals surface area contributed by atoms with Crippen molar-refractivity contribution in [1.82, 2.24) is 10.6 Å². The van der Waals surface area contributed by atoms with Crippen LogP contribution in [0.1, 0.15) is 33.6 Å². The molecule has 1 atom stereocenters. The third kappa shape index (κ3) is 5.70. The molecule has 0 aliphatic rings. The maximum atomic E-state index is 11.7. The predicted octanol–water partition coefficient (Wildman–Crippen LogP) is 2.13. The second kappa shape index (κ2) is 10.4. The van der Waals surface area contributed by atoms with E-state index in [4.69, 9.17) is 10.2 Å². The van der Waals surface area contributed by atoms with Crippen LogP contribution in [0.3, 0.4) is 0 Å². The number of hydrogen-bond donors (Lipinski definition) is 3. The Kier molecular flexibility index (Phi) is 8.20. The number of primary amides is 1. The van der Waals surface area contributed by atoms with Crippen LogP contribution < -0.4 is 26.7 Å². The fraction of sp³-hybridized carbons (Fsp3) is 0.391. The minimum atomic E-state index is -2.72. The van der Waals surface area contributed by atoms with E-state index in [1.165, 1.54) is 0 Å². The molecule has 0 radical (unpaired) electrons. The highest BCUT2D eigenvalue weighted by molar-refractivity contribution is 6.99. The number of urea groups is 1. The average Bonchev–Trinajstić information content (AvgIpc) is 2.72. The molecule has 0 bridgehead atoms. The van der Waals surface area contributed by atoms with Gasteiger partial charge in [0.2, 0.25) is 5.91 Å². The number of nitrogens with two attached hydrogens (primary N) is 1. The lowest BCUT2D eigenvalue weighted by molar-refractivity contribution is -0.120. The Morgan fingerprint density at radius 2 is 1.50 bits per heavy atom. The van der Waals surface area contributed by atoms with Gasteiger partial charge in [-0.3, -0.25) is 4.79 Å². The third-order valence-corrected chi connectivity index (χ3v) is 10.3. The van der Waals surface area contributed by atoms with Gasteiger partial charge in [0.25, 0.3) is 8.32 Å². The molecule has 0 unspecified atom stereocenters. The van der Waals surface area contributed by atoms with Crippen molar-refractivity contribution in [3.05, 3.63) is 60.7 Å².